The number of benzene rings is 1. The summed E-state index contributed by atoms with van der Waals surface area (Å²) in [5.74, 6) is -59.5. The Morgan fingerprint density at radius 1 is 0.625 bits per heavy atom. The normalized spacial score (nSPS) is 21.2. The van der Waals surface area contributed by atoms with Gasteiger partial charge in [0, 0.05) is 6.61 Å². The summed E-state index contributed by atoms with van der Waals surface area (Å²) >= 11 is 0. The molecule has 1 heterocycles. The molecule has 1 aromatic carbocycles. The molecule has 1 aromatic rings. The Balaban J connectivity index is 2.49. The molecule has 1 saturated heterocycles. The summed E-state index contributed by atoms with van der Waals surface area (Å²) < 4.78 is 236. The van der Waals surface area contributed by atoms with Crippen LogP contribution in [0.4, 0.5) is 74.6 Å². The molecule has 1 nitrogen and oxygen atoms in total. The highest BCUT2D eigenvalue weighted by atomic mass is 19.4. The lowest BCUT2D eigenvalue weighted by molar-refractivity contribution is -0.464. The highest BCUT2D eigenvalue weighted by Crippen LogP contribution is 2.65. The zero-order valence-electron chi connectivity index (χ0n) is 19.4. The van der Waals surface area contributed by atoms with Gasteiger partial charge in [-0.1, -0.05) is 42.5 Å². The summed E-state index contributed by atoms with van der Waals surface area (Å²) in [6.45, 7) is -0.439. The van der Waals surface area contributed by atoms with Crippen molar-refractivity contribution in [1.82, 2.24) is 0 Å². The second kappa shape index (κ2) is 10.5. The van der Waals surface area contributed by atoms with E-state index in [4.69, 9.17) is 4.74 Å². The predicted molar refractivity (Wildman–Crippen MR) is 103 cm³/mol. The van der Waals surface area contributed by atoms with E-state index in [-0.39, 0.29) is 0 Å². The first-order valence-electron chi connectivity index (χ1n) is 10.9. The molecular weight excluding hydrogens is 603 g/mol. The van der Waals surface area contributed by atoms with E-state index in [0.29, 0.717) is 5.56 Å². The highest BCUT2D eigenvalue weighted by molar-refractivity contribution is 5.48. The maximum Gasteiger partial charge on any atom is 0.460 e. The molecule has 0 aromatic heterocycles. The quantitative estimate of drug-likeness (QED) is 0.238. The second-order valence-corrected chi connectivity index (χ2v) is 8.77. The average molecular weight is 620 g/mol. The van der Waals surface area contributed by atoms with Gasteiger partial charge in [0.1, 0.15) is 0 Å². The van der Waals surface area contributed by atoms with E-state index in [1.54, 1.807) is 6.07 Å². The van der Waals surface area contributed by atoms with Crippen molar-refractivity contribution < 1.29 is 79.4 Å². The Morgan fingerprint density at radius 2 is 1.07 bits per heavy atom. The molecule has 2 rings (SSSR count). The van der Waals surface area contributed by atoms with Gasteiger partial charge in [-0.05, 0) is 24.8 Å². The molecule has 0 unspecified atom stereocenters. The van der Waals surface area contributed by atoms with E-state index in [2.05, 4.69) is 0 Å². The summed E-state index contributed by atoms with van der Waals surface area (Å²) in [6, 6.07) is 7.54. The van der Waals surface area contributed by atoms with Gasteiger partial charge in [-0.25, -0.2) is 0 Å². The van der Waals surface area contributed by atoms with Crippen LogP contribution in [-0.4, -0.2) is 60.3 Å². The molecule has 1 aliphatic rings. The zero-order chi connectivity index (χ0) is 31.2. The lowest BCUT2D eigenvalue weighted by Crippen LogP contribution is -2.75. The van der Waals surface area contributed by atoms with Gasteiger partial charge < -0.3 is 4.74 Å². The minimum absolute atomic E-state index is 0.414. The van der Waals surface area contributed by atoms with Gasteiger partial charge in [0.25, 0.3) is 0 Å². The van der Waals surface area contributed by atoms with Gasteiger partial charge in [-0.2, -0.15) is 74.6 Å². The van der Waals surface area contributed by atoms with Gasteiger partial charge in [0.05, 0.1) is 12.0 Å². The molecule has 1 aliphatic heterocycles. The molecule has 230 valence electrons. The van der Waals surface area contributed by atoms with Crippen molar-refractivity contribution in [3.05, 3.63) is 42.0 Å². The Hall–Kier alpha value is -2.27. The number of alkyl halides is 17. The SMILES string of the molecule is FC(F)(F)C(F)(F)C(F)(F)C(F)(F)C(F)(F)C(F)(F)C(F)(F)C(F)(F)[C@@H]1CCCO[C@@H]1C/C=C/c1ccccc1. The monoisotopic (exact) mass is 620 g/mol. The van der Waals surface area contributed by atoms with Crippen LogP contribution in [0.2, 0.25) is 0 Å². The maximum atomic E-state index is 14.8. The number of hydrogen-bond donors (Lipinski definition) is 0. The zero-order valence-corrected chi connectivity index (χ0v) is 19.4. The van der Waals surface area contributed by atoms with Gasteiger partial charge >= 0.3 is 47.6 Å². The molecule has 1 fully saturated rings. The van der Waals surface area contributed by atoms with Crippen molar-refractivity contribution in [2.24, 2.45) is 5.92 Å². The highest BCUT2D eigenvalue weighted by Gasteiger charge is 2.95. The van der Waals surface area contributed by atoms with Crippen molar-refractivity contribution in [2.75, 3.05) is 6.61 Å². The van der Waals surface area contributed by atoms with Crippen molar-refractivity contribution in [3.8, 4) is 0 Å². The first kappa shape index (κ1) is 33.9. The summed E-state index contributed by atoms with van der Waals surface area (Å²) in [6.07, 6.45) is -10.2. The lowest BCUT2D eigenvalue weighted by Gasteiger charge is -2.45. The van der Waals surface area contributed by atoms with E-state index >= 15 is 0 Å². The first-order chi connectivity index (χ1) is 17.8. The largest absolute Gasteiger partial charge is 0.460 e. The maximum absolute atomic E-state index is 14.8. The third-order valence-corrected chi connectivity index (χ3v) is 6.13. The van der Waals surface area contributed by atoms with Crippen molar-refractivity contribution in [1.29, 1.82) is 0 Å². The molecule has 0 aliphatic carbocycles. The second-order valence-electron chi connectivity index (χ2n) is 8.77. The third-order valence-electron chi connectivity index (χ3n) is 6.13. The Bertz CT molecular complexity index is 1030. The lowest BCUT2D eigenvalue weighted by atomic mass is 9.79. The van der Waals surface area contributed by atoms with Crippen LogP contribution < -0.4 is 0 Å². The molecule has 0 saturated carbocycles. The van der Waals surface area contributed by atoms with E-state index in [1.165, 1.54) is 30.3 Å². The molecule has 18 heteroatoms. The van der Waals surface area contributed by atoms with Crippen LogP contribution in [0.1, 0.15) is 24.8 Å². The number of halogens is 17. The summed E-state index contributed by atoms with van der Waals surface area (Å²) in [4.78, 5) is 0. The fraction of sp³-hybridized carbons (Fsp3) is 0.636. The smallest absolute Gasteiger partial charge is 0.377 e. The van der Waals surface area contributed by atoms with Gasteiger partial charge in [0.15, 0.2) is 0 Å². The van der Waals surface area contributed by atoms with Gasteiger partial charge in [-0.3, -0.25) is 0 Å². The minimum Gasteiger partial charge on any atom is -0.377 e. The van der Waals surface area contributed by atoms with Crippen molar-refractivity contribution in [3.63, 3.8) is 0 Å². The molecule has 0 radical (unpaired) electrons. The predicted octanol–water partition coefficient (Wildman–Crippen LogP) is 8.89. The fourth-order valence-electron chi connectivity index (χ4n) is 3.80. The van der Waals surface area contributed by atoms with Crippen LogP contribution in [0, 0.1) is 5.92 Å². The Morgan fingerprint density at radius 3 is 1.55 bits per heavy atom. The topological polar surface area (TPSA) is 9.23 Å². The fourth-order valence-corrected chi connectivity index (χ4v) is 3.80. The van der Waals surface area contributed by atoms with E-state index in [9.17, 15) is 74.6 Å². The van der Waals surface area contributed by atoms with Crippen LogP contribution in [0.25, 0.3) is 6.08 Å². The summed E-state index contributed by atoms with van der Waals surface area (Å²) in [5, 5.41) is 0. The average Bonchev–Trinajstić information content (AvgIpc) is 2.83. The molecule has 0 N–H and O–H groups in total. The van der Waals surface area contributed by atoms with Crippen LogP contribution in [0.3, 0.4) is 0 Å². The van der Waals surface area contributed by atoms with E-state index in [0.717, 1.165) is 6.08 Å². The molecule has 0 amide bonds. The molecule has 0 spiro atoms. The molecular formula is C22H17F17O. The number of ether oxygens (including phenoxy) is 1. The van der Waals surface area contributed by atoms with Crippen molar-refractivity contribution in [2.45, 2.75) is 73.0 Å². The van der Waals surface area contributed by atoms with Crippen LogP contribution >= 0.6 is 0 Å². The van der Waals surface area contributed by atoms with Crippen LogP contribution in [-0.2, 0) is 4.74 Å². The van der Waals surface area contributed by atoms with Crippen molar-refractivity contribution >= 4 is 6.08 Å². The Kier molecular flexibility index (Phi) is 8.93. The van der Waals surface area contributed by atoms with E-state index < -0.39 is 85.5 Å². The molecule has 40 heavy (non-hydrogen) atoms. The summed E-state index contributed by atoms with van der Waals surface area (Å²) in [7, 11) is 0. The first-order valence-corrected chi connectivity index (χ1v) is 10.9. The van der Waals surface area contributed by atoms with Crippen LogP contribution in [0.5, 0.6) is 0 Å². The van der Waals surface area contributed by atoms with E-state index in [1.807, 2.05) is 0 Å². The van der Waals surface area contributed by atoms with Crippen LogP contribution in [0.15, 0.2) is 36.4 Å². The standard InChI is InChI=1S/C22H17F17O/c23-15(24,13-9-5-11-40-14(13)10-4-8-12-6-2-1-3-7-12)16(25,26)17(27,28)18(29,30)19(31,32)20(33,34)21(35,36)22(37,38)39/h1-4,6-8,13-14H,5,9-11H2/b8-4+/t13-,14-/m1/s1. The number of rotatable bonds is 10. The number of hydrogen-bond acceptors (Lipinski definition) is 1. The van der Waals surface area contributed by atoms with Gasteiger partial charge in [-0.15, -0.1) is 0 Å². The van der Waals surface area contributed by atoms with Gasteiger partial charge in [0.2, 0.25) is 0 Å². The molecule has 0 bridgehead atoms. The minimum atomic E-state index is -8.64. The molecule has 2 atom stereocenters. The Labute approximate surface area is 214 Å². The summed E-state index contributed by atoms with van der Waals surface area (Å²) in [5.41, 5.74) is 0.414. The third kappa shape index (κ3) is 5.12.